The molecule has 0 fully saturated rings. The summed E-state index contributed by atoms with van der Waals surface area (Å²) in [5, 5.41) is 2.74. The van der Waals surface area contributed by atoms with Gasteiger partial charge in [0.05, 0.1) is 14.2 Å². The molecule has 0 saturated heterocycles. The number of nitrogens with one attached hydrogen (secondary N) is 1. The van der Waals surface area contributed by atoms with E-state index in [1.807, 2.05) is 12.1 Å². The third-order valence-electron chi connectivity index (χ3n) is 4.25. The average molecular weight is 399 g/mol. The Bertz CT molecular complexity index is 860. The van der Waals surface area contributed by atoms with Crippen LogP contribution in [0.4, 0.5) is 0 Å². The number of benzene rings is 2. The summed E-state index contributed by atoms with van der Waals surface area (Å²) in [6.45, 7) is 1.72. The van der Waals surface area contributed by atoms with E-state index >= 15 is 0 Å². The fourth-order valence-corrected chi connectivity index (χ4v) is 2.75. The zero-order valence-corrected chi connectivity index (χ0v) is 16.8. The lowest BCUT2D eigenvalue weighted by Gasteiger charge is -2.12. The van der Waals surface area contributed by atoms with E-state index in [0.29, 0.717) is 17.9 Å². The summed E-state index contributed by atoms with van der Waals surface area (Å²) in [6, 6.07) is 12.0. The van der Waals surface area contributed by atoms with E-state index in [2.05, 4.69) is 5.32 Å². The molecule has 1 amide bonds. The molecule has 0 aliphatic carbocycles. The van der Waals surface area contributed by atoms with Crippen LogP contribution >= 0.6 is 0 Å². The van der Waals surface area contributed by atoms with Crippen molar-refractivity contribution >= 4 is 17.7 Å². The van der Waals surface area contributed by atoms with Crippen molar-refractivity contribution in [3.8, 4) is 11.5 Å². The molecule has 0 radical (unpaired) electrons. The molecule has 29 heavy (non-hydrogen) atoms. The van der Waals surface area contributed by atoms with Crippen LogP contribution in [0, 0.1) is 0 Å². The normalized spacial score (nSPS) is 10.2. The van der Waals surface area contributed by atoms with Crippen LogP contribution in [0.15, 0.2) is 42.5 Å². The first-order valence-corrected chi connectivity index (χ1v) is 9.21. The van der Waals surface area contributed by atoms with E-state index in [4.69, 9.17) is 14.2 Å². The molecule has 0 atom stereocenters. The smallest absolute Gasteiger partial charge is 0.342 e. The average Bonchev–Trinajstić information content (AvgIpc) is 2.74. The Morgan fingerprint density at radius 2 is 1.69 bits per heavy atom. The maximum Gasteiger partial charge on any atom is 0.342 e. The molecule has 7 heteroatoms. The minimum absolute atomic E-state index is 0.0490. The van der Waals surface area contributed by atoms with Crippen LogP contribution in [-0.4, -0.2) is 45.0 Å². The van der Waals surface area contributed by atoms with Gasteiger partial charge in [0.2, 0.25) is 5.91 Å². The SMILES string of the molecule is COc1cccc(C(=O)OCC(=O)c2ccc(CCCNC(C)=O)cc2)c1OC. The Morgan fingerprint density at radius 1 is 0.966 bits per heavy atom. The molecule has 1 N–H and O–H groups in total. The van der Waals surface area contributed by atoms with Crippen molar-refractivity contribution in [3.05, 3.63) is 59.2 Å². The highest BCUT2D eigenvalue weighted by molar-refractivity contribution is 6.00. The number of ketones is 1. The second-order valence-corrected chi connectivity index (χ2v) is 6.32. The van der Waals surface area contributed by atoms with Gasteiger partial charge in [-0.05, 0) is 30.5 Å². The monoisotopic (exact) mass is 399 g/mol. The molecule has 0 aliphatic heterocycles. The molecule has 0 spiro atoms. The molecule has 154 valence electrons. The van der Waals surface area contributed by atoms with Gasteiger partial charge < -0.3 is 19.5 Å². The minimum Gasteiger partial charge on any atom is -0.493 e. The molecule has 0 heterocycles. The summed E-state index contributed by atoms with van der Waals surface area (Å²) in [6.07, 6.45) is 1.60. The van der Waals surface area contributed by atoms with E-state index in [1.54, 1.807) is 30.3 Å². The molecule has 0 bridgehead atoms. The summed E-state index contributed by atoms with van der Waals surface area (Å²) in [5.41, 5.74) is 1.71. The van der Waals surface area contributed by atoms with E-state index in [0.717, 1.165) is 18.4 Å². The van der Waals surface area contributed by atoms with Gasteiger partial charge in [-0.3, -0.25) is 9.59 Å². The van der Waals surface area contributed by atoms with Crippen molar-refractivity contribution < 1.29 is 28.6 Å². The van der Waals surface area contributed by atoms with Crippen LogP contribution in [0.2, 0.25) is 0 Å². The largest absolute Gasteiger partial charge is 0.493 e. The highest BCUT2D eigenvalue weighted by Gasteiger charge is 2.19. The Morgan fingerprint density at radius 3 is 2.31 bits per heavy atom. The maximum atomic E-state index is 12.3. The number of Topliss-reactive ketones (excluding diaryl/α,β-unsaturated/α-hetero) is 1. The van der Waals surface area contributed by atoms with Crippen molar-refractivity contribution in [1.29, 1.82) is 0 Å². The van der Waals surface area contributed by atoms with E-state index in [1.165, 1.54) is 21.1 Å². The lowest BCUT2D eigenvalue weighted by Crippen LogP contribution is -2.21. The van der Waals surface area contributed by atoms with Crippen LogP contribution in [-0.2, 0) is 16.0 Å². The van der Waals surface area contributed by atoms with E-state index < -0.39 is 5.97 Å². The van der Waals surface area contributed by atoms with Gasteiger partial charge in [0, 0.05) is 19.0 Å². The first kappa shape index (κ1) is 21.9. The maximum absolute atomic E-state index is 12.3. The number of para-hydroxylation sites is 1. The molecule has 2 aromatic carbocycles. The first-order valence-electron chi connectivity index (χ1n) is 9.21. The highest BCUT2D eigenvalue weighted by Crippen LogP contribution is 2.31. The number of carbonyl (C=O) groups excluding carboxylic acids is 3. The second kappa shape index (κ2) is 10.8. The van der Waals surface area contributed by atoms with Crippen molar-refractivity contribution in [2.75, 3.05) is 27.4 Å². The van der Waals surface area contributed by atoms with Crippen molar-refractivity contribution in [2.24, 2.45) is 0 Å². The molecule has 2 rings (SSSR count). The zero-order valence-electron chi connectivity index (χ0n) is 16.8. The third kappa shape index (κ3) is 6.34. The van der Waals surface area contributed by atoms with Crippen LogP contribution in [0.25, 0.3) is 0 Å². The zero-order chi connectivity index (χ0) is 21.2. The summed E-state index contributed by atoms with van der Waals surface area (Å²) in [4.78, 5) is 35.5. The molecular weight excluding hydrogens is 374 g/mol. The van der Waals surface area contributed by atoms with E-state index in [-0.39, 0.29) is 29.6 Å². The van der Waals surface area contributed by atoms with Gasteiger partial charge in [-0.15, -0.1) is 0 Å². The fourth-order valence-electron chi connectivity index (χ4n) is 2.75. The molecule has 7 nitrogen and oxygen atoms in total. The second-order valence-electron chi connectivity index (χ2n) is 6.32. The topological polar surface area (TPSA) is 90.9 Å². The molecule has 0 aromatic heterocycles. The standard InChI is InChI=1S/C22H25NO6/c1-15(24)23-13-5-6-16-9-11-17(12-10-16)19(25)14-29-22(26)18-7-4-8-20(27-2)21(18)28-3/h4,7-12H,5-6,13-14H2,1-3H3,(H,23,24). The Hall–Kier alpha value is -3.35. The Kier molecular flexibility index (Phi) is 8.21. The first-order chi connectivity index (χ1) is 14.0. The van der Waals surface area contributed by atoms with Crippen LogP contribution < -0.4 is 14.8 Å². The summed E-state index contributed by atoms with van der Waals surface area (Å²) >= 11 is 0. The van der Waals surface area contributed by atoms with Crippen LogP contribution in [0.1, 0.15) is 39.6 Å². The third-order valence-corrected chi connectivity index (χ3v) is 4.25. The number of ether oxygens (including phenoxy) is 3. The number of methoxy groups -OCH3 is 2. The molecule has 0 unspecified atom stereocenters. The van der Waals surface area contributed by atoms with Crippen molar-refractivity contribution in [3.63, 3.8) is 0 Å². The van der Waals surface area contributed by atoms with Gasteiger partial charge in [-0.1, -0.05) is 30.3 Å². The minimum atomic E-state index is -0.663. The van der Waals surface area contributed by atoms with Crippen molar-refractivity contribution in [1.82, 2.24) is 5.32 Å². The van der Waals surface area contributed by atoms with Gasteiger partial charge in [-0.25, -0.2) is 4.79 Å². The lowest BCUT2D eigenvalue weighted by atomic mass is 10.1. The number of esters is 1. The fraction of sp³-hybridized carbons (Fsp3) is 0.318. The quantitative estimate of drug-likeness (QED) is 0.375. The van der Waals surface area contributed by atoms with Gasteiger partial charge >= 0.3 is 5.97 Å². The Labute approximate surface area is 170 Å². The van der Waals surface area contributed by atoms with Crippen LogP contribution in [0.5, 0.6) is 11.5 Å². The molecule has 2 aromatic rings. The van der Waals surface area contributed by atoms with Crippen molar-refractivity contribution in [2.45, 2.75) is 19.8 Å². The molecule has 0 saturated carbocycles. The molecular formula is C22H25NO6. The number of rotatable bonds is 10. The number of carbonyl (C=O) groups is 3. The van der Waals surface area contributed by atoms with Gasteiger partial charge in [0.25, 0.3) is 0 Å². The Balaban J connectivity index is 1.90. The predicted molar refractivity (Wildman–Crippen MR) is 108 cm³/mol. The highest BCUT2D eigenvalue weighted by atomic mass is 16.5. The number of hydrogen-bond donors (Lipinski definition) is 1. The molecule has 0 aliphatic rings. The van der Waals surface area contributed by atoms with Gasteiger partial charge in [-0.2, -0.15) is 0 Å². The number of hydrogen-bond acceptors (Lipinski definition) is 6. The predicted octanol–water partition coefficient (Wildman–Crippen LogP) is 2.81. The van der Waals surface area contributed by atoms with E-state index in [9.17, 15) is 14.4 Å². The van der Waals surface area contributed by atoms with Crippen LogP contribution in [0.3, 0.4) is 0 Å². The van der Waals surface area contributed by atoms with Gasteiger partial charge in [0.1, 0.15) is 5.56 Å². The lowest BCUT2D eigenvalue weighted by molar-refractivity contribution is -0.118. The van der Waals surface area contributed by atoms with Gasteiger partial charge in [0.15, 0.2) is 23.9 Å². The number of amides is 1. The summed E-state index contributed by atoms with van der Waals surface area (Å²) in [7, 11) is 2.90. The number of aryl methyl sites for hydroxylation is 1. The summed E-state index contributed by atoms with van der Waals surface area (Å²) in [5.74, 6) is -0.348. The summed E-state index contributed by atoms with van der Waals surface area (Å²) < 4.78 is 15.5.